The van der Waals surface area contributed by atoms with Gasteiger partial charge in [-0.2, -0.15) is 4.99 Å². The lowest BCUT2D eigenvalue weighted by Crippen LogP contribution is -2.40. The minimum atomic E-state index is -2.71. The highest BCUT2D eigenvalue weighted by Gasteiger charge is 2.18. The number of esters is 1. The van der Waals surface area contributed by atoms with Crippen molar-refractivity contribution in [3.05, 3.63) is 12.2 Å². The molecule has 0 fully saturated rings. The van der Waals surface area contributed by atoms with Crippen LogP contribution in [-0.2, 0) is 14.3 Å². The minimum Gasteiger partial charge on any atom is -0.459 e. The van der Waals surface area contributed by atoms with Gasteiger partial charge < -0.3 is 15.4 Å². The number of hydrogen-bond donors (Lipinski definition) is 1. The molecule has 0 aliphatic carbocycles. The van der Waals surface area contributed by atoms with Crippen LogP contribution in [0.3, 0.4) is 0 Å². The molecule has 0 radical (unpaired) electrons. The fraction of sp³-hybridized carbons (Fsp3) is 0.808. The molecule has 6 heteroatoms. The van der Waals surface area contributed by atoms with Gasteiger partial charge >= 0.3 is 5.97 Å². The van der Waals surface area contributed by atoms with Gasteiger partial charge in [0.2, 0.25) is 5.91 Å². The molecule has 0 aromatic rings. The molecule has 0 bridgehead atoms. The second-order valence-corrected chi connectivity index (χ2v) is 9.37. The summed E-state index contributed by atoms with van der Waals surface area (Å²) in [6.07, 6.45) is 19.9. The Balaban J connectivity index is 4.12. The zero-order valence-corrected chi connectivity index (χ0v) is 21.0. The van der Waals surface area contributed by atoms with Gasteiger partial charge in [0.25, 0.3) is 0 Å². The highest BCUT2D eigenvalue weighted by molar-refractivity contribution is 5.93. The van der Waals surface area contributed by atoms with Crippen LogP contribution in [0.15, 0.2) is 17.1 Å². The van der Waals surface area contributed by atoms with Crippen LogP contribution < -0.4 is 5.73 Å². The van der Waals surface area contributed by atoms with Gasteiger partial charge in [-0.15, -0.1) is 0 Å². The van der Waals surface area contributed by atoms with E-state index in [0.29, 0.717) is 11.3 Å². The van der Waals surface area contributed by atoms with Crippen molar-refractivity contribution in [1.29, 1.82) is 0 Å². The van der Waals surface area contributed by atoms with Crippen molar-refractivity contribution in [3.63, 3.8) is 0 Å². The van der Waals surface area contributed by atoms with Crippen LogP contribution in [0.4, 0.5) is 0 Å². The number of nitrogens with two attached hydrogens (primary N) is 1. The number of unbranched alkanes of at least 4 members (excludes halogenated alkanes) is 11. The zero-order chi connectivity index (χ0) is 26.7. The summed E-state index contributed by atoms with van der Waals surface area (Å²) < 4.78 is 27.9. The number of carbonyl (C=O) groups excluding carboxylic acids is 2. The predicted molar refractivity (Wildman–Crippen MR) is 135 cm³/mol. The molecule has 2 N–H and O–H groups in total. The molecular formula is C26H49N3O3. The summed E-state index contributed by atoms with van der Waals surface area (Å²) in [5.74, 6) is -1.73. The van der Waals surface area contributed by atoms with Crippen LogP contribution in [0.5, 0.6) is 0 Å². The third kappa shape index (κ3) is 20.1. The number of allylic oxidation sites excluding steroid dienone is 2. The zero-order valence-electron chi connectivity index (χ0n) is 24.0. The predicted octanol–water partition coefficient (Wildman–Crippen LogP) is 6.14. The highest BCUT2D eigenvalue weighted by atomic mass is 16.6. The van der Waals surface area contributed by atoms with Crippen LogP contribution >= 0.6 is 0 Å². The smallest absolute Gasteiger partial charge is 0.326 e. The third-order valence-corrected chi connectivity index (χ3v) is 4.88. The van der Waals surface area contributed by atoms with E-state index in [2.05, 4.69) is 24.1 Å². The Kier molecular flexibility index (Phi) is 14.5. The average Bonchev–Trinajstić information content (AvgIpc) is 2.72. The fourth-order valence-electron chi connectivity index (χ4n) is 3.17. The molecule has 0 heterocycles. The molecule has 0 aromatic heterocycles. The molecule has 6 nitrogen and oxygen atoms in total. The number of ether oxygens (including phenoxy) is 1. The molecule has 0 rings (SSSR count). The van der Waals surface area contributed by atoms with Crippen LogP contribution in [0.1, 0.15) is 122 Å². The maximum absolute atomic E-state index is 12.1. The molecule has 0 saturated heterocycles. The molecule has 32 heavy (non-hydrogen) atoms. The largest absolute Gasteiger partial charge is 0.459 e. The quantitative estimate of drug-likeness (QED) is 0.0938. The molecule has 1 amide bonds. The van der Waals surface area contributed by atoms with Crippen molar-refractivity contribution in [2.24, 2.45) is 10.7 Å². The van der Waals surface area contributed by atoms with Gasteiger partial charge in [-0.25, -0.2) is 0 Å². The highest BCUT2D eigenvalue weighted by Crippen LogP contribution is 2.10. The summed E-state index contributed by atoms with van der Waals surface area (Å²) in [6.45, 7) is 3.96. The topological polar surface area (TPSA) is 85.0 Å². The molecule has 0 spiro atoms. The molecule has 0 atom stereocenters. The summed E-state index contributed by atoms with van der Waals surface area (Å²) in [7, 11) is 0. The first-order chi connectivity index (χ1) is 16.4. The van der Waals surface area contributed by atoms with E-state index in [9.17, 15) is 9.59 Å². The first-order valence-electron chi connectivity index (χ1n) is 13.9. The van der Waals surface area contributed by atoms with E-state index in [1.807, 2.05) is 0 Å². The number of aliphatic imine (C=N–C) groups is 1. The van der Waals surface area contributed by atoms with E-state index in [-0.39, 0.29) is 6.42 Å². The molecule has 0 unspecified atom stereocenters. The van der Waals surface area contributed by atoms with E-state index < -0.39 is 37.0 Å². The van der Waals surface area contributed by atoms with E-state index in [0.717, 1.165) is 32.1 Å². The minimum absolute atomic E-state index is 0.195. The molecule has 186 valence electrons. The second-order valence-electron chi connectivity index (χ2n) is 9.37. The number of nitrogens with zero attached hydrogens (tertiary/aromatic N) is 2. The van der Waals surface area contributed by atoms with Crippen LogP contribution in [-0.4, -0.2) is 41.9 Å². The lowest BCUT2D eigenvalue weighted by Gasteiger charge is -2.22. The van der Waals surface area contributed by atoms with Gasteiger partial charge in [-0.1, -0.05) is 70.4 Å². The van der Waals surface area contributed by atoms with E-state index >= 15 is 0 Å². The van der Waals surface area contributed by atoms with E-state index in [1.165, 1.54) is 44.9 Å². The number of amides is 1. The summed E-state index contributed by atoms with van der Waals surface area (Å²) in [5, 5.41) is 0. The lowest BCUT2D eigenvalue weighted by molar-refractivity contribution is -0.155. The van der Waals surface area contributed by atoms with Gasteiger partial charge in [0.05, 0.1) is 0 Å². The Bertz CT molecular complexity index is 656. The second kappa shape index (κ2) is 18.7. The van der Waals surface area contributed by atoms with E-state index in [1.54, 1.807) is 20.8 Å². The van der Waals surface area contributed by atoms with Crippen molar-refractivity contribution in [1.82, 2.24) is 4.90 Å². The summed E-state index contributed by atoms with van der Waals surface area (Å²) in [4.78, 5) is 28.5. The molecular weight excluding hydrogens is 402 g/mol. The monoisotopic (exact) mass is 454 g/mol. The lowest BCUT2D eigenvalue weighted by atomic mass is 10.1. The van der Waals surface area contributed by atoms with Crippen molar-refractivity contribution < 1.29 is 18.4 Å². The Labute approximate surface area is 201 Å². The third-order valence-electron chi connectivity index (χ3n) is 4.88. The van der Waals surface area contributed by atoms with E-state index in [4.69, 9.17) is 14.6 Å². The average molecular weight is 455 g/mol. The fourth-order valence-corrected chi connectivity index (χ4v) is 3.17. The standard InChI is InChI=1S/C26H49N3O3/c1-6-7-8-9-10-11-12-13-14-15-16-17-18-19-20-21-23(30)28-25(27)29(5)22-24(31)32-26(2,3)4/h13-14H,6-12,15-22H2,1-5H3,(H2,27,28,30)/b14-13-/i5D3. The summed E-state index contributed by atoms with van der Waals surface area (Å²) in [6, 6.07) is 0. The van der Waals surface area contributed by atoms with Crippen LogP contribution in [0, 0.1) is 0 Å². The van der Waals surface area contributed by atoms with Gasteiger partial charge in [0.1, 0.15) is 12.1 Å². The SMILES string of the molecule is [2H]C([2H])([2H])N(CC(=O)OC(C)(C)C)C(N)=NC(=O)CCCCCCC/C=C\CCCCCCCC. The summed E-state index contributed by atoms with van der Waals surface area (Å²) in [5.41, 5.74) is 4.99. The van der Waals surface area contributed by atoms with Gasteiger partial charge in [0.15, 0.2) is 5.96 Å². The Morgan fingerprint density at radius 2 is 1.47 bits per heavy atom. The van der Waals surface area contributed by atoms with Crippen molar-refractivity contribution in [2.75, 3.05) is 13.5 Å². The van der Waals surface area contributed by atoms with Crippen LogP contribution in [0.2, 0.25) is 0 Å². The first kappa shape index (κ1) is 24.8. The Hall–Kier alpha value is -1.85. The maximum Gasteiger partial charge on any atom is 0.326 e. The number of carbonyl (C=O) groups is 2. The normalized spacial score (nSPS) is 14.1. The molecule has 0 saturated carbocycles. The van der Waals surface area contributed by atoms with Crippen molar-refractivity contribution in [3.8, 4) is 0 Å². The van der Waals surface area contributed by atoms with Crippen molar-refractivity contribution in [2.45, 2.75) is 123 Å². The molecule has 0 aliphatic rings. The molecule has 0 aliphatic heterocycles. The number of rotatable bonds is 17. The Morgan fingerprint density at radius 3 is 2.00 bits per heavy atom. The maximum atomic E-state index is 12.1. The number of hydrogen-bond acceptors (Lipinski definition) is 3. The van der Waals surface area contributed by atoms with Crippen LogP contribution in [0.25, 0.3) is 0 Å². The van der Waals surface area contributed by atoms with Gasteiger partial charge in [-0.05, 0) is 52.9 Å². The number of likely N-dealkylation sites (N-methyl/N-ethyl adjacent to an activating group) is 1. The summed E-state index contributed by atoms with van der Waals surface area (Å²) >= 11 is 0. The first-order valence-corrected chi connectivity index (χ1v) is 12.4. The molecule has 0 aromatic carbocycles. The number of guanidine groups is 1. The Morgan fingerprint density at radius 1 is 0.938 bits per heavy atom. The van der Waals surface area contributed by atoms with Crippen molar-refractivity contribution >= 4 is 17.8 Å². The van der Waals surface area contributed by atoms with Gasteiger partial charge in [0, 0.05) is 17.5 Å². The van der Waals surface area contributed by atoms with Gasteiger partial charge in [-0.3, -0.25) is 9.59 Å².